The van der Waals surface area contributed by atoms with Crippen LogP contribution in [0.5, 0.6) is 11.5 Å². The summed E-state index contributed by atoms with van der Waals surface area (Å²) in [5.41, 5.74) is 0.887. The van der Waals surface area contributed by atoms with Gasteiger partial charge in [0.2, 0.25) is 0 Å². The van der Waals surface area contributed by atoms with Crippen molar-refractivity contribution < 1.29 is 28.6 Å². The second-order valence-electron chi connectivity index (χ2n) is 5.44. The van der Waals surface area contributed by atoms with Gasteiger partial charge in [-0.05, 0) is 18.2 Å². The smallest absolute Gasteiger partial charge is 0.306 e. The van der Waals surface area contributed by atoms with Crippen LogP contribution in [0.25, 0.3) is 0 Å². The highest BCUT2D eigenvalue weighted by molar-refractivity contribution is 5.99. The summed E-state index contributed by atoms with van der Waals surface area (Å²) in [4.78, 5) is 35.8. The molecule has 2 aromatic carbocycles. The van der Waals surface area contributed by atoms with E-state index in [0.717, 1.165) is 0 Å². The number of Topliss-reactive ketones (excluding diaryl/α,β-unsaturated/α-hetero) is 2. The Morgan fingerprint density at radius 2 is 1.46 bits per heavy atom. The second-order valence-corrected chi connectivity index (χ2v) is 5.44. The molecule has 0 radical (unpaired) electrons. The minimum absolute atomic E-state index is 0.0351. The first-order valence-electron chi connectivity index (χ1n) is 8.04. The molecule has 0 aliphatic carbocycles. The van der Waals surface area contributed by atoms with Gasteiger partial charge in [-0.1, -0.05) is 30.3 Å². The summed E-state index contributed by atoms with van der Waals surface area (Å²) in [5, 5.41) is 0. The van der Waals surface area contributed by atoms with E-state index in [2.05, 4.69) is 0 Å². The Bertz CT molecular complexity index is 782. The van der Waals surface area contributed by atoms with Gasteiger partial charge in [0, 0.05) is 17.5 Å². The first kappa shape index (κ1) is 19.2. The fourth-order valence-electron chi connectivity index (χ4n) is 2.30. The molecular weight excluding hydrogens is 336 g/mol. The summed E-state index contributed by atoms with van der Waals surface area (Å²) in [6, 6.07) is 13.4. The third-order valence-corrected chi connectivity index (χ3v) is 3.72. The molecule has 2 aromatic rings. The molecule has 0 fully saturated rings. The Morgan fingerprint density at radius 1 is 0.769 bits per heavy atom. The predicted octanol–water partition coefficient (Wildman–Crippen LogP) is 3.09. The first-order valence-corrected chi connectivity index (χ1v) is 8.04. The third-order valence-electron chi connectivity index (χ3n) is 3.72. The van der Waals surface area contributed by atoms with Crippen LogP contribution >= 0.6 is 0 Å². The van der Waals surface area contributed by atoms with Crippen LogP contribution in [-0.2, 0) is 9.53 Å². The van der Waals surface area contributed by atoms with Gasteiger partial charge in [0.1, 0.15) is 0 Å². The zero-order valence-electron chi connectivity index (χ0n) is 14.7. The van der Waals surface area contributed by atoms with Crippen LogP contribution in [-0.4, -0.2) is 38.4 Å². The Hall–Kier alpha value is -3.15. The molecule has 0 aliphatic rings. The molecule has 0 saturated carbocycles. The van der Waals surface area contributed by atoms with E-state index in [1.165, 1.54) is 20.3 Å². The quantitative estimate of drug-likeness (QED) is 0.507. The Morgan fingerprint density at radius 3 is 2.12 bits per heavy atom. The number of carbonyl (C=O) groups excluding carboxylic acids is 3. The van der Waals surface area contributed by atoms with E-state index < -0.39 is 12.6 Å². The molecule has 2 rings (SSSR count). The van der Waals surface area contributed by atoms with E-state index in [4.69, 9.17) is 14.2 Å². The number of benzene rings is 2. The van der Waals surface area contributed by atoms with Gasteiger partial charge in [0.05, 0.1) is 20.6 Å². The van der Waals surface area contributed by atoms with Crippen LogP contribution in [0.15, 0.2) is 48.5 Å². The number of methoxy groups -OCH3 is 2. The van der Waals surface area contributed by atoms with Gasteiger partial charge >= 0.3 is 5.97 Å². The molecule has 0 unspecified atom stereocenters. The minimum atomic E-state index is -0.594. The highest BCUT2D eigenvalue weighted by atomic mass is 16.5. The van der Waals surface area contributed by atoms with Crippen molar-refractivity contribution in [3.63, 3.8) is 0 Å². The fraction of sp³-hybridized carbons (Fsp3) is 0.250. The van der Waals surface area contributed by atoms with Gasteiger partial charge in [0.25, 0.3) is 0 Å². The molecule has 0 spiro atoms. The number of ketones is 2. The van der Waals surface area contributed by atoms with Gasteiger partial charge in [-0.15, -0.1) is 0 Å². The SMILES string of the molecule is COc1ccc(C(=O)COC(=O)CCC(=O)c2ccccc2)cc1OC. The molecule has 26 heavy (non-hydrogen) atoms. The largest absolute Gasteiger partial charge is 0.493 e. The van der Waals surface area contributed by atoms with Crippen molar-refractivity contribution in [2.45, 2.75) is 12.8 Å². The van der Waals surface area contributed by atoms with Crippen molar-refractivity contribution in [2.24, 2.45) is 0 Å². The monoisotopic (exact) mass is 356 g/mol. The van der Waals surface area contributed by atoms with E-state index in [9.17, 15) is 14.4 Å². The summed E-state index contributed by atoms with van der Waals surface area (Å²) in [6.07, 6.45) is -0.0413. The Kier molecular flexibility index (Phi) is 6.91. The van der Waals surface area contributed by atoms with Gasteiger partial charge in [-0.3, -0.25) is 14.4 Å². The minimum Gasteiger partial charge on any atom is -0.493 e. The first-order chi connectivity index (χ1) is 12.5. The molecule has 0 bridgehead atoms. The molecule has 0 heterocycles. The zero-order valence-corrected chi connectivity index (χ0v) is 14.7. The highest BCUT2D eigenvalue weighted by Gasteiger charge is 2.14. The molecular formula is C20H20O6. The van der Waals surface area contributed by atoms with Crippen LogP contribution in [0.4, 0.5) is 0 Å². The summed E-state index contributed by atoms with van der Waals surface area (Å²) < 4.78 is 15.2. The predicted molar refractivity (Wildman–Crippen MR) is 94.8 cm³/mol. The van der Waals surface area contributed by atoms with E-state index in [1.54, 1.807) is 36.4 Å². The lowest BCUT2D eigenvalue weighted by Gasteiger charge is -2.09. The van der Waals surface area contributed by atoms with Gasteiger partial charge in [0.15, 0.2) is 29.7 Å². The molecule has 0 N–H and O–H groups in total. The maximum atomic E-state index is 12.1. The number of esters is 1. The molecule has 6 nitrogen and oxygen atoms in total. The maximum absolute atomic E-state index is 12.1. The molecule has 136 valence electrons. The average molecular weight is 356 g/mol. The summed E-state index contributed by atoms with van der Waals surface area (Å²) in [6.45, 7) is -0.395. The number of hydrogen-bond acceptors (Lipinski definition) is 6. The van der Waals surface area contributed by atoms with Gasteiger partial charge in [-0.25, -0.2) is 0 Å². The number of carbonyl (C=O) groups is 3. The lowest BCUT2D eigenvalue weighted by atomic mass is 10.1. The summed E-state index contributed by atoms with van der Waals surface area (Å²) in [7, 11) is 2.97. The number of ether oxygens (including phenoxy) is 3. The molecule has 0 saturated heterocycles. The third kappa shape index (κ3) is 5.17. The maximum Gasteiger partial charge on any atom is 0.306 e. The summed E-state index contributed by atoms with van der Waals surface area (Å²) >= 11 is 0. The zero-order chi connectivity index (χ0) is 18.9. The van der Waals surface area contributed by atoms with E-state index >= 15 is 0 Å². The van der Waals surface area contributed by atoms with Crippen LogP contribution in [0.1, 0.15) is 33.6 Å². The summed E-state index contributed by atoms with van der Waals surface area (Å²) in [5.74, 6) is -0.191. The fourth-order valence-corrected chi connectivity index (χ4v) is 2.30. The molecule has 0 aliphatic heterocycles. The van der Waals surface area contributed by atoms with E-state index in [-0.39, 0.29) is 24.4 Å². The van der Waals surface area contributed by atoms with Crippen molar-refractivity contribution in [2.75, 3.05) is 20.8 Å². The van der Waals surface area contributed by atoms with E-state index in [0.29, 0.717) is 22.6 Å². The van der Waals surface area contributed by atoms with Crippen molar-refractivity contribution >= 4 is 17.5 Å². The molecule has 0 aromatic heterocycles. The van der Waals surface area contributed by atoms with E-state index in [1.807, 2.05) is 6.07 Å². The Balaban J connectivity index is 1.83. The van der Waals surface area contributed by atoms with Crippen LogP contribution in [0, 0.1) is 0 Å². The standard InChI is InChI=1S/C20H20O6/c1-24-18-10-8-15(12-19(18)25-2)17(22)13-26-20(23)11-9-16(21)14-6-4-3-5-7-14/h3-8,10,12H,9,11,13H2,1-2H3. The van der Waals surface area contributed by atoms with Crippen LogP contribution < -0.4 is 9.47 Å². The Labute approximate surface area is 151 Å². The van der Waals surface area contributed by atoms with Crippen molar-refractivity contribution in [3.05, 3.63) is 59.7 Å². The normalized spacial score (nSPS) is 10.1. The van der Waals surface area contributed by atoms with Crippen molar-refractivity contribution in [3.8, 4) is 11.5 Å². The van der Waals surface area contributed by atoms with Gasteiger partial charge < -0.3 is 14.2 Å². The lowest BCUT2D eigenvalue weighted by molar-refractivity contribution is -0.142. The number of rotatable bonds is 9. The second kappa shape index (κ2) is 9.36. The van der Waals surface area contributed by atoms with Crippen LogP contribution in [0.2, 0.25) is 0 Å². The lowest BCUT2D eigenvalue weighted by Crippen LogP contribution is -2.15. The molecule has 6 heteroatoms. The topological polar surface area (TPSA) is 78.9 Å². The highest BCUT2D eigenvalue weighted by Crippen LogP contribution is 2.27. The average Bonchev–Trinajstić information content (AvgIpc) is 2.70. The van der Waals surface area contributed by atoms with Crippen molar-refractivity contribution in [1.29, 1.82) is 0 Å². The number of hydrogen-bond donors (Lipinski definition) is 0. The van der Waals surface area contributed by atoms with Crippen molar-refractivity contribution in [1.82, 2.24) is 0 Å². The molecule has 0 atom stereocenters. The van der Waals surface area contributed by atoms with Crippen LogP contribution in [0.3, 0.4) is 0 Å². The molecule has 0 amide bonds. The van der Waals surface area contributed by atoms with Gasteiger partial charge in [-0.2, -0.15) is 0 Å².